The minimum Gasteiger partial charge on any atom is -0.494 e. The van der Waals surface area contributed by atoms with Crippen LogP contribution in [0.5, 0.6) is 5.75 Å². The first kappa shape index (κ1) is 20.8. The largest absolute Gasteiger partial charge is 0.494 e. The number of imidazole rings is 1. The van der Waals surface area contributed by atoms with Crippen LogP contribution in [-0.2, 0) is 13.0 Å². The molecule has 1 aromatic heterocycles. The van der Waals surface area contributed by atoms with Crippen molar-refractivity contribution in [2.75, 3.05) is 6.61 Å². The first-order valence-corrected chi connectivity index (χ1v) is 10.9. The average molecular weight is 439 g/mol. The summed E-state index contributed by atoms with van der Waals surface area (Å²) in [6, 6.07) is 22.1. The Morgan fingerprint density at radius 1 is 0.933 bits per heavy atom. The summed E-state index contributed by atoms with van der Waals surface area (Å²) < 4.78 is 8.22. The smallest absolute Gasteiger partial charge is 0.119 e. The van der Waals surface area contributed by atoms with Crippen molar-refractivity contribution in [1.29, 1.82) is 0 Å². The van der Waals surface area contributed by atoms with Crippen LogP contribution in [0.15, 0.2) is 66.7 Å². The van der Waals surface area contributed by atoms with Crippen molar-refractivity contribution in [2.45, 2.75) is 32.7 Å². The summed E-state index contributed by atoms with van der Waals surface area (Å²) in [4.78, 5) is 4.88. The fourth-order valence-corrected chi connectivity index (χ4v) is 3.81. The first-order valence-electron chi connectivity index (χ1n) is 10.2. The Kier molecular flexibility index (Phi) is 6.61. The summed E-state index contributed by atoms with van der Waals surface area (Å²) in [6.45, 7) is 3.58. The van der Waals surface area contributed by atoms with Crippen molar-refractivity contribution < 1.29 is 4.74 Å². The average Bonchev–Trinajstić information content (AvgIpc) is 3.09. The molecule has 1 heterocycles. The van der Waals surface area contributed by atoms with E-state index in [-0.39, 0.29) is 0 Å². The number of hydrogen-bond donors (Lipinski definition) is 0. The Hall–Kier alpha value is -2.49. The van der Waals surface area contributed by atoms with Crippen LogP contribution >= 0.6 is 23.2 Å². The van der Waals surface area contributed by atoms with Gasteiger partial charge in [0.2, 0.25) is 0 Å². The number of halogens is 2. The monoisotopic (exact) mass is 438 g/mol. The molecule has 0 aliphatic rings. The lowest BCUT2D eigenvalue weighted by atomic mass is 10.1. The van der Waals surface area contributed by atoms with Gasteiger partial charge in [-0.3, -0.25) is 0 Å². The lowest BCUT2D eigenvalue weighted by molar-refractivity contribution is 0.303. The van der Waals surface area contributed by atoms with Gasteiger partial charge in [-0.2, -0.15) is 0 Å². The van der Waals surface area contributed by atoms with Gasteiger partial charge < -0.3 is 9.30 Å². The molecule has 3 nitrogen and oxygen atoms in total. The number of rotatable bonds is 8. The van der Waals surface area contributed by atoms with Gasteiger partial charge in [0.25, 0.3) is 0 Å². The number of fused-ring (bicyclic) bond motifs is 1. The highest BCUT2D eigenvalue weighted by atomic mass is 35.5. The summed E-state index contributed by atoms with van der Waals surface area (Å²) in [5, 5.41) is 1.52. The molecule has 0 spiro atoms. The lowest BCUT2D eigenvalue weighted by Crippen LogP contribution is -2.07. The van der Waals surface area contributed by atoms with Crippen LogP contribution in [0.2, 0.25) is 10.0 Å². The molecule has 154 valence electrons. The van der Waals surface area contributed by atoms with Gasteiger partial charge >= 0.3 is 0 Å². The van der Waals surface area contributed by atoms with Crippen molar-refractivity contribution in [3.8, 4) is 5.75 Å². The Bertz CT molecular complexity index is 1140. The second-order valence-electron chi connectivity index (χ2n) is 7.44. The number of aromatic nitrogens is 2. The van der Waals surface area contributed by atoms with Crippen LogP contribution in [0.1, 0.15) is 29.8 Å². The number of para-hydroxylation sites is 2. The number of nitrogens with zero attached hydrogens (tertiary/aromatic N) is 2. The van der Waals surface area contributed by atoms with Gasteiger partial charge in [-0.15, -0.1) is 0 Å². The Labute approximate surface area is 187 Å². The topological polar surface area (TPSA) is 27.1 Å². The number of aryl methyl sites for hydroxylation is 2. The quantitative estimate of drug-likeness (QED) is 0.274. The summed E-state index contributed by atoms with van der Waals surface area (Å²) in [5.41, 5.74) is 4.45. The van der Waals surface area contributed by atoms with Crippen LogP contribution in [-0.4, -0.2) is 16.2 Å². The van der Waals surface area contributed by atoms with Crippen molar-refractivity contribution in [3.05, 3.63) is 93.7 Å². The number of ether oxygens (including phenoxy) is 1. The first-order chi connectivity index (χ1) is 14.6. The normalized spacial score (nSPS) is 11.2. The van der Waals surface area contributed by atoms with Gasteiger partial charge in [-0.05, 0) is 73.4 Å². The zero-order valence-corrected chi connectivity index (χ0v) is 18.5. The maximum atomic E-state index is 6.08. The Morgan fingerprint density at radius 3 is 2.53 bits per heavy atom. The minimum absolute atomic E-state index is 0.681. The van der Waals surface area contributed by atoms with E-state index in [0.717, 1.165) is 58.5 Å². The molecule has 3 aromatic carbocycles. The number of unbranched alkanes of at least 4 members (excludes halogenated alkanes) is 1. The van der Waals surface area contributed by atoms with Crippen LogP contribution in [0, 0.1) is 6.92 Å². The molecule has 0 fully saturated rings. The standard InChI is InChI=1S/C25H24Cl2N2O/c1-18-16-21(12-13-22(18)27)30-15-5-4-14-29-24-7-3-2-6-23(24)28-25(29)17-19-8-10-20(26)11-9-19/h2-3,6-13,16H,4-5,14-15,17H2,1H3. The molecule has 4 aromatic rings. The lowest BCUT2D eigenvalue weighted by Gasteiger charge is -2.11. The molecule has 0 saturated heterocycles. The van der Waals surface area contributed by atoms with E-state index in [1.807, 2.05) is 43.3 Å². The highest BCUT2D eigenvalue weighted by molar-refractivity contribution is 6.31. The van der Waals surface area contributed by atoms with Gasteiger partial charge in [0.1, 0.15) is 11.6 Å². The van der Waals surface area contributed by atoms with Gasteiger partial charge in [0.05, 0.1) is 17.6 Å². The molecular formula is C25H24Cl2N2O. The maximum Gasteiger partial charge on any atom is 0.119 e. The number of hydrogen-bond acceptors (Lipinski definition) is 2. The zero-order chi connectivity index (χ0) is 20.9. The minimum atomic E-state index is 0.681. The molecule has 0 atom stereocenters. The third-order valence-electron chi connectivity index (χ3n) is 5.18. The fraction of sp³-hybridized carbons (Fsp3) is 0.240. The molecule has 0 amide bonds. The third kappa shape index (κ3) is 4.97. The third-order valence-corrected chi connectivity index (χ3v) is 5.86. The predicted molar refractivity (Wildman–Crippen MR) is 125 cm³/mol. The Balaban J connectivity index is 1.41. The predicted octanol–water partition coefficient (Wildman–Crippen LogP) is 7.10. The van der Waals surface area contributed by atoms with E-state index >= 15 is 0 Å². The van der Waals surface area contributed by atoms with E-state index in [2.05, 4.69) is 34.9 Å². The van der Waals surface area contributed by atoms with Crippen molar-refractivity contribution >= 4 is 34.2 Å². The van der Waals surface area contributed by atoms with E-state index in [4.69, 9.17) is 32.9 Å². The molecule has 4 rings (SSSR count). The number of benzene rings is 3. The highest BCUT2D eigenvalue weighted by Gasteiger charge is 2.11. The molecular weight excluding hydrogens is 415 g/mol. The SMILES string of the molecule is Cc1cc(OCCCCn2c(Cc3ccc(Cl)cc3)nc3ccccc32)ccc1Cl. The molecule has 0 saturated carbocycles. The van der Waals surface area contributed by atoms with Crippen molar-refractivity contribution in [2.24, 2.45) is 0 Å². The molecule has 0 aliphatic heterocycles. The van der Waals surface area contributed by atoms with E-state index < -0.39 is 0 Å². The van der Waals surface area contributed by atoms with Crippen molar-refractivity contribution in [1.82, 2.24) is 9.55 Å². The van der Waals surface area contributed by atoms with Gasteiger partial charge in [0, 0.05) is 23.0 Å². The van der Waals surface area contributed by atoms with Crippen LogP contribution in [0.4, 0.5) is 0 Å². The van der Waals surface area contributed by atoms with Gasteiger partial charge in [-0.1, -0.05) is 47.5 Å². The highest BCUT2D eigenvalue weighted by Crippen LogP contribution is 2.22. The molecule has 0 unspecified atom stereocenters. The summed E-state index contributed by atoms with van der Waals surface area (Å²) in [5.74, 6) is 1.95. The fourth-order valence-electron chi connectivity index (χ4n) is 3.56. The second kappa shape index (κ2) is 9.55. The van der Waals surface area contributed by atoms with Gasteiger partial charge in [-0.25, -0.2) is 4.98 Å². The molecule has 0 N–H and O–H groups in total. The summed E-state index contributed by atoms with van der Waals surface area (Å²) in [7, 11) is 0. The van der Waals surface area contributed by atoms with Crippen molar-refractivity contribution in [3.63, 3.8) is 0 Å². The van der Waals surface area contributed by atoms with Gasteiger partial charge in [0.15, 0.2) is 0 Å². The molecule has 0 radical (unpaired) electrons. The summed E-state index contributed by atoms with van der Waals surface area (Å²) in [6.07, 6.45) is 2.77. The molecule has 0 bridgehead atoms. The maximum absolute atomic E-state index is 6.08. The van der Waals surface area contributed by atoms with E-state index in [1.54, 1.807) is 0 Å². The van der Waals surface area contributed by atoms with E-state index in [0.29, 0.717) is 6.61 Å². The zero-order valence-electron chi connectivity index (χ0n) is 16.9. The van der Waals surface area contributed by atoms with E-state index in [9.17, 15) is 0 Å². The molecule has 5 heteroatoms. The molecule has 30 heavy (non-hydrogen) atoms. The van der Waals surface area contributed by atoms with E-state index in [1.165, 1.54) is 11.1 Å². The van der Waals surface area contributed by atoms with Crippen LogP contribution < -0.4 is 4.74 Å². The second-order valence-corrected chi connectivity index (χ2v) is 8.28. The van der Waals surface area contributed by atoms with Crippen LogP contribution in [0.3, 0.4) is 0 Å². The van der Waals surface area contributed by atoms with Crippen LogP contribution in [0.25, 0.3) is 11.0 Å². The summed E-state index contributed by atoms with van der Waals surface area (Å²) >= 11 is 12.1. The Morgan fingerprint density at radius 2 is 1.73 bits per heavy atom. The molecule has 0 aliphatic carbocycles.